The summed E-state index contributed by atoms with van der Waals surface area (Å²) in [5.74, 6) is 1.39. The number of benzene rings is 1. The van der Waals surface area contributed by atoms with E-state index in [1.807, 2.05) is 25.1 Å². The summed E-state index contributed by atoms with van der Waals surface area (Å²) in [6, 6.07) is 5.53. The van der Waals surface area contributed by atoms with E-state index in [-0.39, 0.29) is 6.04 Å². The van der Waals surface area contributed by atoms with E-state index in [0.29, 0.717) is 5.82 Å². The number of hydrogen-bond donors (Lipinski definition) is 2. The number of H-pyrrole nitrogens is 1. The highest BCUT2D eigenvalue weighted by Crippen LogP contribution is 2.27. The Balaban J connectivity index is 2.42. The third-order valence-corrected chi connectivity index (χ3v) is 2.45. The van der Waals surface area contributed by atoms with Crippen molar-refractivity contribution in [2.45, 2.75) is 13.0 Å². The van der Waals surface area contributed by atoms with Gasteiger partial charge in [-0.3, -0.25) is 5.10 Å². The molecule has 2 aromatic rings. The molecule has 5 heteroatoms. The van der Waals surface area contributed by atoms with Gasteiger partial charge in [-0.1, -0.05) is 17.7 Å². The van der Waals surface area contributed by atoms with E-state index in [1.54, 1.807) is 7.11 Å². The number of nitrogens with zero attached hydrogens (tertiary/aromatic N) is 2. The first-order chi connectivity index (χ1) is 7.72. The first-order valence-electron chi connectivity index (χ1n) is 4.97. The Kier molecular flexibility index (Phi) is 2.87. The fraction of sp³-hybridized carbons (Fsp3) is 0.273. The zero-order valence-electron chi connectivity index (χ0n) is 9.27. The van der Waals surface area contributed by atoms with Gasteiger partial charge in [0.25, 0.3) is 0 Å². The van der Waals surface area contributed by atoms with Gasteiger partial charge in [-0.15, -0.1) is 0 Å². The molecule has 3 N–H and O–H groups in total. The highest BCUT2D eigenvalue weighted by molar-refractivity contribution is 5.41. The summed E-state index contributed by atoms with van der Waals surface area (Å²) in [4.78, 5) is 4.05. The van der Waals surface area contributed by atoms with Crippen molar-refractivity contribution >= 4 is 0 Å². The van der Waals surface area contributed by atoms with Crippen molar-refractivity contribution in [3.8, 4) is 5.75 Å². The van der Waals surface area contributed by atoms with Crippen LogP contribution in [0.4, 0.5) is 0 Å². The second kappa shape index (κ2) is 4.32. The quantitative estimate of drug-likeness (QED) is 0.810. The molecule has 0 fully saturated rings. The van der Waals surface area contributed by atoms with Gasteiger partial charge in [0.1, 0.15) is 17.9 Å². The predicted molar refractivity (Wildman–Crippen MR) is 60.1 cm³/mol. The lowest BCUT2D eigenvalue weighted by atomic mass is 10.0. The third-order valence-electron chi connectivity index (χ3n) is 2.45. The fourth-order valence-corrected chi connectivity index (χ4v) is 1.61. The Bertz CT molecular complexity index is 467. The van der Waals surface area contributed by atoms with Crippen LogP contribution in [0, 0.1) is 6.92 Å². The molecule has 2 rings (SSSR count). The molecule has 0 bridgehead atoms. The molecule has 16 heavy (non-hydrogen) atoms. The van der Waals surface area contributed by atoms with Gasteiger partial charge in [0, 0.05) is 5.56 Å². The van der Waals surface area contributed by atoms with Gasteiger partial charge in [-0.05, 0) is 13.0 Å². The maximum absolute atomic E-state index is 6.09. The van der Waals surface area contributed by atoms with E-state index in [2.05, 4.69) is 15.2 Å². The lowest BCUT2D eigenvalue weighted by Gasteiger charge is -2.14. The Morgan fingerprint density at radius 3 is 2.88 bits per heavy atom. The predicted octanol–water partition coefficient (Wildman–Crippen LogP) is 1.17. The summed E-state index contributed by atoms with van der Waals surface area (Å²) in [5, 5.41) is 6.55. The standard InChI is InChI=1S/C11H14N4O/c1-7-3-4-9(16-2)8(5-7)10(12)11-13-6-14-15-11/h3-6,10H,12H2,1-2H3,(H,13,14,15). The van der Waals surface area contributed by atoms with Crippen LogP contribution >= 0.6 is 0 Å². The average Bonchev–Trinajstić information content (AvgIpc) is 2.81. The molecule has 0 radical (unpaired) electrons. The minimum absolute atomic E-state index is 0.350. The van der Waals surface area contributed by atoms with Gasteiger partial charge in [0.2, 0.25) is 0 Å². The van der Waals surface area contributed by atoms with Gasteiger partial charge in [-0.2, -0.15) is 5.10 Å². The molecule has 0 aliphatic rings. The first kappa shape index (κ1) is 10.6. The minimum Gasteiger partial charge on any atom is -0.496 e. The van der Waals surface area contributed by atoms with E-state index in [9.17, 15) is 0 Å². The number of rotatable bonds is 3. The molecule has 1 unspecified atom stereocenters. The smallest absolute Gasteiger partial charge is 0.145 e. The summed E-state index contributed by atoms with van der Waals surface area (Å²) in [6.07, 6.45) is 1.44. The van der Waals surface area contributed by atoms with Crippen LogP contribution in [0.1, 0.15) is 23.0 Å². The Labute approximate surface area is 93.7 Å². The second-order valence-electron chi connectivity index (χ2n) is 3.59. The van der Waals surface area contributed by atoms with E-state index in [4.69, 9.17) is 10.5 Å². The molecule has 0 aliphatic heterocycles. The van der Waals surface area contributed by atoms with Crippen LogP contribution < -0.4 is 10.5 Å². The van der Waals surface area contributed by atoms with Crippen molar-refractivity contribution in [2.75, 3.05) is 7.11 Å². The van der Waals surface area contributed by atoms with Gasteiger partial charge < -0.3 is 10.5 Å². The van der Waals surface area contributed by atoms with Crippen LogP contribution in [0.15, 0.2) is 24.5 Å². The number of nitrogens with one attached hydrogen (secondary N) is 1. The summed E-state index contributed by atoms with van der Waals surface area (Å²) >= 11 is 0. The Morgan fingerprint density at radius 2 is 2.25 bits per heavy atom. The third kappa shape index (κ3) is 1.90. The van der Waals surface area contributed by atoms with Crippen molar-refractivity contribution in [2.24, 2.45) is 5.73 Å². The maximum Gasteiger partial charge on any atom is 0.145 e. The molecule has 0 saturated heterocycles. The van der Waals surface area contributed by atoms with Crippen molar-refractivity contribution in [3.05, 3.63) is 41.5 Å². The Hall–Kier alpha value is -1.88. The average molecular weight is 218 g/mol. The summed E-state index contributed by atoms with van der Waals surface area (Å²) in [6.45, 7) is 2.01. The summed E-state index contributed by atoms with van der Waals surface area (Å²) < 4.78 is 5.28. The molecule has 1 atom stereocenters. The minimum atomic E-state index is -0.350. The van der Waals surface area contributed by atoms with Crippen molar-refractivity contribution in [3.63, 3.8) is 0 Å². The summed E-state index contributed by atoms with van der Waals surface area (Å²) in [7, 11) is 1.63. The molecular weight excluding hydrogens is 204 g/mol. The molecule has 5 nitrogen and oxygen atoms in total. The van der Waals surface area contributed by atoms with Gasteiger partial charge in [0.05, 0.1) is 13.2 Å². The SMILES string of the molecule is COc1ccc(C)cc1C(N)c1ncn[nH]1. The topological polar surface area (TPSA) is 76.8 Å². The molecule has 0 spiro atoms. The number of nitrogens with two attached hydrogens (primary N) is 1. The van der Waals surface area contributed by atoms with Gasteiger partial charge in [0.15, 0.2) is 0 Å². The van der Waals surface area contributed by atoms with Crippen molar-refractivity contribution < 1.29 is 4.74 Å². The molecule has 0 aliphatic carbocycles. The normalized spacial score (nSPS) is 12.4. The van der Waals surface area contributed by atoms with Crippen molar-refractivity contribution in [1.82, 2.24) is 15.2 Å². The molecule has 1 aromatic carbocycles. The highest BCUT2D eigenvalue weighted by atomic mass is 16.5. The molecular formula is C11H14N4O. The largest absolute Gasteiger partial charge is 0.496 e. The number of methoxy groups -OCH3 is 1. The van der Waals surface area contributed by atoms with Crippen LogP contribution in [0.3, 0.4) is 0 Å². The number of aromatic nitrogens is 3. The van der Waals surface area contributed by atoms with E-state index < -0.39 is 0 Å². The van der Waals surface area contributed by atoms with Crippen LogP contribution in [0.25, 0.3) is 0 Å². The van der Waals surface area contributed by atoms with E-state index >= 15 is 0 Å². The van der Waals surface area contributed by atoms with Gasteiger partial charge in [-0.25, -0.2) is 4.98 Å². The first-order valence-corrected chi connectivity index (χ1v) is 4.97. The van der Waals surface area contributed by atoms with Crippen LogP contribution in [0.2, 0.25) is 0 Å². The molecule has 1 aromatic heterocycles. The van der Waals surface area contributed by atoms with Gasteiger partial charge >= 0.3 is 0 Å². The number of aryl methyl sites for hydroxylation is 1. The van der Waals surface area contributed by atoms with E-state index in [1.165, 1.54) is 6.33 Å². The zero-order valence-corrected chi connectivity index (χ0v) is 9.27. The maximum atomic E-state index is 6.09. The molecule has 84 valence electrons. The zero-order chi connectivity index (χ0) is 11.5. The fourth-order valence-electron chi connectivity index (χ4n) is 1.61. The molecule has 1 heterocycles. The molecule has 0 amide bonds. The highest BCUT2D eigenvalue weighted by Gasteiger charge is 2.16. The van der Waals surface area contributed by atoms with Crippen LogP contribution in [-0.4, -0.2) is 22.3 Å². The van der Waals surface area contributed by atoms with Crippen molar-refractivity contribution in [1.29, 1.82) is 0 Å². The number of hydrogen-bond acceptors (Lipinski definition) is 4. The lowest BCUT2D eigenvalue weighted by molar-refractivity contribution is 0.407. The number of aromatic amines is 1. The Morgan fingerprint density at radius 1 is 1.44 bits per heavy atom. The van der Waals surface area contributed by atoms with E-state index in [0.717, 1.165) is 16.9 Å². The summed E-state index contributed by atoms with van der Waals surface area (Å²) in [5.41, 5.74) is 8.12. The van der Waals surface area contributed by atoms with Crippen LogP contribution in [-0.2, 0) is 0 Å². The lowest BCUT2D eigenvalue weighted by Crippen LogP contribution is -2.15. The van der Waals surface area contributed by atoms with Crippen LogP contribution in [0.5, 0.6) is 5.75 Å². The number of ether oxygens (including phenoxy) is 1. The second-order valence-corrected chi connectivity index (χ2v) is 3.59. The monoisotopic (exact) mass is 218 g/mol. The molecule has 0 saturated carbocycles.